The molecule has 0 aliphatic heterocycles. The summed E-state index contributed by atoms with van der Waals surface area (Å²) in [6.45, 7) is -0.456. The summed E-state index contributed by atoms with van der Waals surface area (Å²) < 4.78 is 0. The smallest absolute Gasteiger partial charge is 0.245 e. The molecular weight excluding hydrogens is 136 g/mol. The van der Waals surface area contributed by atoms with Gasteiger partial charge in [0.05, 0.1) is 0 Å². The van der Waals surface area contributed by atoms with E-state index in [1.54, 1.807) is 0 Å². The Morgan fingerprint density at radius 1 is 1.50 bits per heavy atom. The van der Waals surface area contributed by atoms with E-state index in [1.165, 1.54) is 0 Å². The highest BCUT2D eigenvalue weighted by Gasteiger charge is 1.91. The van der Waals surface area contributed by atoms with Gasteiger partial charge in [-0.25, -0.2) is 0 Å². The van der Waals surface area contributed by atoms with Crippen molar-refractivity contribution in [1.29, 1.82) is 0 Å². The first-order valence-corrected chi connectivity index (χ1v) is 2.53. The number of carbonyl (C=O) groups excluding carboxylic acids is 2. The van der Waals surface area contributed by atoms with Crippen molar-refractivity contribution in [1.82, 2.24) is 5.32 Å². The number of hydrogen-bond donors (Lipinski definition) is 3. The first-order chi connectivity index (χ1) is 4.66. The lowest BCUT2D eigenvalue weighted by Gasteiger charge is -1.91. The lowest BCUT2D eigenvalue weighted by atomic mass is 10.4. The van der Waals surface area contributed by atoms with Crippen LogP contribution in [0, 0.1) is 0 Å². The summed E-state index contributed by atoms with van der Waals surface area (Å²) in [4.78, 5) is 20.4. The van der Waals surface area contributed by atoms with Crippen LogP contribution in [0.4, 0.5) is 0 Å². The average Bonchev–Trinajstić information content (AvgIpc) is 1.85. The van der Waals surface area contributed by atoms with Gasteiger partial charge >= 0.3 is 0 Å². The molecule has 0 rings (SSSR count). The number of amides is 2. The van der Waals surface area contributed by atoms with E-state index in [1.807, 2.05) is 5.32 Å². The number of nitrogens with two attached hydrogens (primary N) is 1. The van der Waals surface area contributed by atoms with Gasteiger partial charge < -0.3 is 16.2 Å². The molecule has 56 valence electrons. The number of primary amides is 1. The van der Waals surface area contributed by atoms with Crippen LogP contribution in [0.25, 0.3) is 0 Å². The van der Waals surface area contributed by atoms with Crippen LogP contribution >= 0.6 is 0 Å². The molecule has 0 aromatic heterocycles. The molecule has 0 fully saturated rings. The van der Waals surface area contributed by atoms with Gasteiger partial charge in [-0.3, -0.25) is 9.59 Å². The molecule has 0 aliphatic rings. The normalized spacial score (nSPS) is 9.70. The third-order valence-corrected chi connectivity index (χ3v) is 0.652. The summed E-state index contributed by atoms with van der Waals surface area (Å²) in [5.74, 6) is -1.26. The second kappa shape index (κ2) is 4.51. The average molecular weight is 144 g/mol. The molecule has 0 radical (unpaired) electrons. The number of aliphatic hydroxyl groups is 1. The molecule has 0 aromatic carbocycles. The molecule has 2 amide bonds. The Morgan fingerprint density at radius 2 is 2.10 bits per heavy atom. The minimum Gasteiger partial charge on any atom is -0.376 e. The number of carbonyl (C=O) groups is 2. The molecule has 0 atom stereocenters. The SMILES string of the molecule is NC(=O)/C=C\C(=O)NCO. The predicted molar refractivity (Wildman–Crippen MR) is 33.6 cm³/mol. The van der Waals surface area contributed by atoms with Crippen molar-refractivity contribution in [3.05, 3.63) is 12.2 Å². The molecule has 5 nitrogen and oxygen atoms in total. The number of rotatable bonds is 3. The molecule has 0 aromatic rings. The Labute approximate surface area is 57.5 Å². The zero-order valence-corrected chi connectivity index (χ0v) is 5.20. The summed E-state index contributed by atoms with van der Waals surface area (Å²) in [6.07, 6.45) is 1.85. The Kier molecular flexibility index (Phi) is 3.90. The van der Waals surface area contributed by atoms with Gasteiger partial charge in [0, 0.05) is 12.2 Å². The molecule has 0 spiro atoms. The first kappa shape index (κ1) is 8.64. The molecule has 0 aliphatic carbocycles. The van der Waals surface area contributed by atoms with E-state index in [0.29, 0.717) is 0 Å². The molecular formula is C5H8N2O3. The molecule has 5 heteroatoms. The Morgan fingerprint density at radius 3 is 2.50 bits per heavy atom. The van der Waals surface area contributed by atoms with Crippen molar-refractivity contribution in [3.63, 3.8) is 0 Å². The Bertz CT molecular complexity index is 164. The highest BCUT2D eigenvalue weighted by Crippen LogP contribution is 1.70. The van der Waals surface area contributed by atoms with E-state index in [9.17, 15) is 9.59 Å². The third-order valence-electron chi connectivity index (χ3n) is 0.652. The largest absolute Gasteiger partial charge is 0.376 e. The van der Waals surface area contributed by atoms with Crippen LogP contribution in [-0.4, -0.2) is 23.7 Å². The predicted octanol–water partition coefficient (Wildman–Crippen LogP) is -1.91. The molecule has 0 bridgehead atoms. The number of hydrogen-bond acceptors (Lipinski definition) is 3. The summed E-state index contributed by atoms with van der Waals surface area (Å²) in [7, 11) is 0. The van der Waals surface area contributed by atoms with Crippen LogP contribution in [0.2, 0.25) is 0 Å². The Hall–Kier alpha value is -1.36. The molecule has 0 heterocycles. The van der Waals surface area contributed by atoms with E-state index in [2.05, 4.69) is 5.73 Å². The molecule has 0 saturated carbocycles. The van der Waals surface area contributed by atoms with Gasteiger partial charge in [-0.05, 0) is 0 Å². The lowest BCUT2D eigenvalue weighted by Crippen LogP contribution is -2.22. The van der Waals surface area contributed by atoms with Crippen molar-refractivity contribution in [2.45, 2.75) is 0 Å². The first-order valence-electron chi connectivity index (χ1n) is 2.53. The molecule has 0 saturated heterocycles. The summed E-state index contributed by atoms with van der Waals surface area (Å²) in [5, 5.41) is 10.1. The maximum absolute atomic E-state index is 10.4. The van der Waals surface area contributed by atoms with Crippen molar-refractivity contribution in [2.24, 2.45) is 5.73 Å². The van der Waals surface area contributed by atoms with Crippen LogP contribution in [0.5, 0.6) is 0 Å². The maximum Gasteiger partial charge on any atom is 0.245 e. The second-order valence-corrected chi connectivity index (χ2v) is 1.43. The van der Waals surface area contributed by atoms with Crippen molar-refractivity contribution < 1.29 is 14.7 Å². The summed E-state index contributed by atoms with van der Waals surface area (Å²) in [5.41, 5.74) is 4.67. The zero-order valence-electron chi connectivity index (χ0n) is 5.20. The van der Waals surface area contributed by atoms with E-state index in [4.69, 9.17) is 5.11 Å². The van der Waals surface area contributed by atoms with Crippen LogP contribution in [0.1, 0.15) is 0 Å². The topological polar surface area (TPSA) is 92.4 Å². The monoisotopic (exact) mass is 144 g/mol. The van der Waals surface area contributed by atoms with Gasteiger partial charge in [0.25, 0.3) is 0 Å². The van der Waals surface area contributed by atoms with Gasteiger partial charge in [-0.1, -0.05) is 0 Å². The Balaban J connectivity index is 3.67. The van der Waals surface area contributed by atoms with Gasteiger partial charge in [0.1, 0.15) is 6.73 Å². The number of aliphatic hydroxyl groups excluding tert-OH is 1. The minimum absolute atomic E-state index is 0.456. The van der Waals surface area contributed by atoms with Gasteiger partial charge in [0.15, 0.2) is 0 Å². The second-order valence-electron chi connectivity index (χ2n) is 1.43. The van der Waals surface area contributed by atoms with Gasteiger partial charge in [-0.2, -0.15) is 0 Å². The molecule has 10 heavy (non-hydrogen) atoms. The van der Waals surface area contributed by atoms with Crippen molar-refractivity contribution in [2.75, 3.05) is 6.73 Å². The minimum atomic E-state index is -0.701. The lowest BCUT2D eigenvalue weighted by molar-refractivity contribution is -0.118. The quantitative estimate of drug-likeness (QED) is 0.319. The fourth-order valence-corrected chi connectivity index (χ4v) is 0.295. The van der Waals surface area contributed by atoms with Crippen LogP contribution < -0.4 is 11.1 Å². The van der Waals surface area contributed by atoms with E-state index < -0.39 is 18.5 Å². The standard InChI is InChI=1S/C5H8N2O3/c6-4(9)1-2-5(10)7-3-8/h1-2,8H,3H2,(H2,6,9)(H,7,10)/b2-1-. The molecule has 4 N–H and O–H groups in total. The maximum atomic E-state index is 10.4. The number of nitrogens with one attached hydrogen (secondary N) is 1. The highest BCUT2D eigenvalue weighted by molar-refractivity contribution is 5.95. The fourth-order valence-electron chi connectivity index (χ4n) is 0.295. The van der Waals surface area contributed by atoms with Crippen LogP contribution in [0.3, 0.4) is 0 Å². The van der Waals surface area contributed by atoms with Crippen molar-refractivity contribution in [3.8, 4) is 0 Å². The summed E-state index contributed by atoms with van der Waals surface area (Å²) >= 11 is 0. The molecule has 0 unspecified atom stereocenters. The zero-order chi connectivity index (χ0) is 7.98. The van der Waals surface area contributed by atoms with E-state index >= 15 is 0 Å². The van der Waals surface area contributed by atoms with Crippen molar-refractivity contribution >= 4 is 11.8 Å². The van der Waals surface area contributed by atoms with Gasteiger partial charge in [-0.15, -0.1) is 0 Å². The highest BCUT2D eigenvalue weighted by atomic mass is 16.3. The third kappa shape index (κ3) is 4.79. The van der Waals surface area contributed by atoms with E-state index in [0.717, 1.165) is 12.2 Å². The van der Waals surface area contributed by atoms with E-state index in [-0.39, 0.29) is 0 Å². The van der Waals surface area contributed by atoms with Crippen LogP contribution in [0.15, 0.2) is 12.2 Å². The van der Waals surface area contributed by atoms with Gasteiger partial charge in [0.2, 0.25) is 11.8 Å². The van der Waals surface area contributed by atoms with Crippen LogP contribution in [-0.2, 0) is 9.59 Å². The summed E-state index contributed by atoms with van der Waals surface area (Å²) in [6, 6.07) is 0. The fraction of sp³-hybridized carbons (Fsp3) is 0.200.